The molecule has 0 spiro atoms. The highest BCUT2D eigenvalue weighted by atomic mass is 32.2. The molecule has 2 aromatic carbocycles. The van der Waals surface area contributed by atoms with Crippen LogP contribution >= 0.6 is 11.8 Å². The van der Waals surface area contributed by atoms with Crippen molar-refractivity contribution in [2.45, 2.75) is 5.16 Å². The van der Waals surface area contributed by atoms with Crippen molar-refractivity contribution in [1.82, 2.24) is 25.1 Å². The Hall–Kier alpha value is -3.37. The number of hydrogen-bond donors (Lipinski definition) is 1. The lowest BCUT2D eigenvalue weighted by atomic mass is 10.2. The predicted molar refractivity (Wildman–Crippen MR) is 130 cm³/mol. The first-order chi connectivity index (χ1) is 16.2. The molecule has 1 saturated heterocycles. The number of thioether (sulfide) groups is 1. The second-order valence-electron chi connectivity index (χ2n) is 7.53. The Morgan fingerprint density at radius 2 is 1.79 bits per heavy atom. The van der Waals surface area contributed by atoms with Gasteiger partial charge in [-0.25, -0.2) is 0 Å². The Balaban J connectivity index is 1.28. The second-order valence-corrected chi connectivity index (χ2v) is 8.47. The molecule has 1 aromatic heterocycles. The van der Waals surface area contributed by atoms with Gasteiger partial charge in [-0.2, -0.15) is 4.68 Å². The van der Waals surface area contributed by atoms with Crippen LogP contribution in [0.4, 0.5) is 11.4 Å². The van der Waals surface area contributed by atoms with Crippen LogP contribution < -0.4 is 15.0 Å². The SMILES string of the molecule is C=CCN1CCN(c2ccc(NC(=O)CSc3nnnn3-c3ccc(OC)cc3)cc2)CC1. The fourth-order valence-electron chi connectivity index (χ4n) is 3.61. The zero-order valence-electron chi connectivity index (χ0n) is 18.6. The number of nitrogens with zero attached hydrogens (tertiary/aromatic N) is 6. The van der Waals surface area contributed by atoms with E-state index < -0.39 is 0 Å². The van der Waals surface area contributed by atoms with Gasteiger partial charge in [0.05, 0.1) is 18.6 Å². The Labute approximate surface area is 197 Å². The number of carbonyl (C=O) groups excluding carboxylic acids is 1. The molecule has 0 atom stereocenters. The Bertz CT molecular complexity index is 1060. The minimum atomic E-state index is -0.116. The van der Waals surface area contributed by atoms with Gasteiger partial charge in [-0.15, -0.1) is 11.7 Å². The summed E-state index contributed by atoms with van der Waals surface area (Å²) in [4.78, 5) is 17.2. The minimum absolute atomic E-state index is 0.116. The van der Waals surface area contributed by atoms with Gasteiger partial charge >= 0.3 is 0 Å². The van der Waals surface area contributed by atoms with E-state index in [0.717, 1.165) is 49.8 Å². The van der Waals surface area contributed by atoms with Crippen LogP contribution in [-0.4, -0.2) is 76.6 Å². The summed E-state index contributed by atoms with van der Waals surface area (Å²) in [5.41, 5.74) is 2.73. The fourth-order valence-corrected chi connectivity index (χ4v) is 4.30. The maximum Gasteiger partial charge on any atom is 0.234 e. The lowest BCUT2D eigenvalue weighted by molar-refractivity contribution is -0.113. The highest BCUT2D eigenvalue weighted by Crippen LogP contribution is 2.22. The minimum Gasteiger partial charge on any atom is -0.497 e. The molecule has 0 radical (unpaired) electrons. The van der Waals surface area contributed by atoms with Gasteiger partial charge in [-0.05, 0) is 59.0 Å². The van der Waals surface area contributed by atoms with Gasteiger partial charge in [0.1, 0.15) is 5.75 Å². The standard InChI is InChI=1S/C23H27N7O2S/c1-3-12-28-13-15-29(16-14-28)19-6-4-18(5-7-19)24-22(31)17-33-23-25-26-27-30(23)20-8-10-21(32-2)11-9-20/h3-11H,1,12-17H2,2H3,(H,24,31). The van der Waals surface area contributed by atoms with E-state index in [2.05, 4.69) is 49.4 Å². The highest BCUT2D eigenvalue weighted by Gasteiger charge is 2.16. The maximum atomic E-state index is 12.5. The summed E-state index contributed by atoms with van der Waals surface area (Å²) in [5, 5.41) is 15.3. The number of carbonyl (C=O) groups is 1. The zero-order chi connectivity index (χ0) is 23.0. The number of benzene rings is 2. The molecule has 1 amide bonds. The molecule has 172 valence electrons. The number of tetrazole rings is 1. The lowest BCUT2D eigenvalue weighted by Crippen LogP contribution is -2.46. The number of rotatable bonds is 9. The summed E-state index contributed by atoms with van der Waals surface area (Å²) < 4.78 is 6.78. The summed E-state index contributed by atoms with van der Waals surface area (Å²) >= 11 is 1.28. The normalized spacial score (nSPS) is 14.2. The van der Waals surface area contributed by atoms with Crippen molar-refractivity contribution in [2.24, 2.45) is 0 Å². The number of ether oxygens (including phenoxy) is 1. The molecule has 0 unspecified atom stereocenters. The van der Waals surface area contributed by atoms with Gasteiger partial charge in [0.2, 0.25) is 11.1 Å². The number of anilines is 2. The average molecular weight is 466 g/mol. The van der Waals surface area contributed by atoms with E-state index in [1.807, 2.05) is 42.5 Å². The van der Waals surface area contributed by atoms with Crippen LogP contribution in [0.25, 0.3) is 5.69 Å². The van der Waals surface area contributed by atoms with E-state index in [0.29, 0.717) is 5.16 Å². The molecule has 33 heavy (non-hydrogen) atoms. The van der Waals surface area contributed by atoms with Crippen LogP contribution in [0.2, 0.25) is 0 Å². The molecule has 2 heterocycles. The smallest absolute Gasteiger partial charge is 0.234 e. The van der Waals surface area contributed by atoms with Crippen LogP contribution in [0.15, 0.2) is 66.3 Å². The van der Waals surface area contributed by atoms with Crippen molar-refractivity contribution in [3.05, 3.63) is 61.2 Å². The van der Waals surface area contributed by atoms with Gasteiger partial charge < -0.3 is 15.0 Å². The first-order valence-electron chi connectivity index (χ1n) is 10.7. The Kier molecular flexibility index (Phi) is 7.59. The van der Waals surface area contributed by atoms with Gasteiger partial charge in [-0.1, -0.05) is 17.8 Å². The molecule has 4 rings (SSSR count). The Morgan fingerprint density at radius 1 is 1.09 bits per heavy atom. The molecule has 3 aromatic rings. The molecule has 9 nitrogen and oxygen atoms in total. The topological polar surface area (TPSA) is 88.4 Å². The third kappa shape index (κ3) is 5.91. The van der Waals surface area contributed by atoms with Gasteiger partial charge in [-0.3, -0.25) is 9.69 Å². The molecule has 1 N–H and O–H groups in total. The molecule has 1 fully saturated rings. The van der Waals surface area contributed by atoms with Crippen molar-refractivity contribution in [2.75, 3.05) is 55.8 Å². The van der Waals surface area contributed by atoms with E-state index in [-0.39, 0.29) is 11.7 Å². The largest absolute Gasteiger partial charge is 0.497 e. The van der Waals surface area contributed by atoms with Crippen LogP contribution in [-0.2, 0) is 4.79 Å². The summed E-state index contributed by atoms with van der Waals surface area (Å²) in [6, 6.07) is 15.4. The van der Waals surface area contributed by atoms with E-state index >= 15 is 0 Å². The van der Waals surface area contributed by atoms with Crippen molar-refractivity contribution < 1.29 is 9.53 Å². The van der Waals surface area contributed by atoms with E-state index in [9.17, 15) is 4.79 Å². The van der Waals surface area contributed by atoms with Crippen molar-refractivity contribution >= 4 is 29.0 Å². The van der Waals surface area contributed by atoms with E-state index in [1.54, 1.807) is 11.8 Å². The van der Waals surface area contributed by atoms with Crippen molar-refractivity contribution in [3.63, 3.8) is 0 Å². The molecular formula is C23H27N7O2S. The molecule has 1 aliphatic heterocycles. The van der Waals surface area contributed by atoms with Crippen molar-refractivity contribution in [3.8, 4) is 11.4 Å². The zero-order valence-corrected chi connectivity index (χ0v) is 19.4. The molecular weight excluding hydrogens is 438 g/mol. The summed E-state index contributed by atoms with van der Waals surface area (Å²) in [6.07, 6.45) is 1.95. The molecule has 1 aliphatic rings. The van der Waals surface area contributed by atoms with Crippen LogP contribution in [0.3, 0.4) is 0 Å². The van der Waals surface area contributed by atoms with E-state index in [1.165, 1.54) is 17.4 Å². The predicted octanol–water partition coefficient (Wildman–Crippen LogP) is 2.71. The van der Waals surface area contributed by atoms with Gasteiger partial charge in [0.25, 0.3) is 0 Å². The number of hydrogen-bond acceptors (Lipinski definition) is 8. The van der Waals surface area contributed by atoms with Gasteiger partial charge in [0.15, 0.2) is 0 Å². The summed E-state index contributed by atoms with van der Waals surface area (Å²) in [6.45, 7) is 8.77. The average Bonchev–Trinajstić information content (AvgIpc) is 3.33. The van der Waals surface area contributed by atoms with Crippen molar-refractivity contribution in [1.29, 1.82) is 0 Å². The van der Waals surface area contributed by atoms with Crippen LogP contribution in [0.1, 0.15) is 0 Å². The number of nitrogens with one attached hydrogen (secondary N) is 1. The highest BCUT2D eigenvalue weighted by molar-refractivity contribution is 7.99. The number of aromatic nitrogens is 4. The monoisotopic (exact) mass is 465 g/mol. The quantitative estimate of drug-likeness (QED) is 0.381. The maximum absolute atomic E-state index is 12.5. The first kappa shape index (κ1) is 22.8. The summed E-state index contributed by atoms with van der Waals surface area (Å²) in [5.74, 6) is 0.834. The first-order valence-corrected chi connectivity index (χ1v) is 11.7. The third-order valence-corrected chi connectivity index (χ3v) is 6.29. The molecule has 0 saturated carbocycles. The molecule has 0 aliphatic carbocycles. The van der Waals surface area contributed by atoms with E-state index in [4.69, 9.17) is 4.74 Å². The third-order valence-electron chi connectivity index (χ3n) is 5.37. The lowest BCUT2D eigenvalue weighted by Gasteiger charge is -2.35. The van der Waals surface area contributed by atoms with Crippen LogP contribution in [0.5, 0.6) is 5.75 Å². The number of piperazine rings is 1. The molecule has 10 heteroatoms. The number of methoxy groups -OCH3 is 1. The van der Waals surface area contributed by atoms with Crippen LogP contribution in [0, 0.1) is 0 Å². The summed E-state index contributed by atoms with van der Waals surface area (Å²) in [7, 11) is 1.62. The molecule has 0 bridgehead atoms. The fraction of sp³-hybridized carbons (Fsp3) is 0.304. The Morgan fingerprint density at radius 3 is 2.45 bits per heavy atom. The number of amides is 1. The second kappa shape index (κ2) is 11.0. The van der Waals surface area contributed by atoms with Gasteiger partial charge in [0, 0.05) is 44.1 Å².